The number of aliphatic hydroxyl groups excluding tert-OH is 1. The molecule has 1 aliphatic carbocycles. The summed E-state index contributed by atoms with van der Waals surface area (Å²) in [6.45, 7) is 2.66. The van der Waals surface area contributed by atoms with Gasteiger partial charge in [-0.2, -0.15) is 0 Å². The second-order valence-electron chi connectivity index (χ2n) is 8.51. The van der Waals surface area contributed by atoms with Crippen molar-refractivity contribution in [1.82, 2.24) is 15.2 Å². The molecule has 1 fully saturated rings. The molecule has 1 saturated heterocycles. The molecule has 2 unspecified atom stereocenters. The van der Waals surface area contributed by atoms with E-state index in [0.717, 1.165) is 25.9 Å². The Morgan fingerprint density at radius 2 is 1.93 bits per heavy atom. The van der Waals surface area contributed by atoms with Gasteiger partial charge in [-0.15, -0.1) is 0 Å². The predicted molar refractivity (Wildman–Crippen MR) is 115 cm³/mol. The Kier molecular flexibility index (Phi) is 6.65. The van der Waals surface area contributed by atoms with E-state index in [1.165, 1.54) is 24.0 Å². The average molecular weight is 410 g/mol. The van der Waals surface area contributed by atoms with E-state index in [0.29, 0.717) is 30.3 Å². The van der Waals surface area contributed by atoms with Gasteiger partial charge in [0.15, 0.2) is 0 Å². The topological polar surface area (TPSA) is 74.7 Å². The van der Waals surface area contributed by atoms with Gasteiger partial charge in [0.05, 0.1) is 13.2 Å². The number of hydrogen-bond acceptors (Lipinski definition) is 5. The molecule has 0 bridgehead atoms. The highest BCUT2D eigenvalue weighted by Crippen LogP contribution is 2.29. The number of ether oxygens (including phenoxy) is 1. The number of nitrogens with one attached hydrogen (secondary N) is 1. The lowest BCUT2D eigenvalue weighted by atomic mass is 9.99. The van der Waals surface area contributed by atoms with Crippen LogP contribution in [-0.2, 0) is 17.6 Å². The summed E-state index contributed by atoms with van der Waals surface area (Å²) in [5.41, 5.74) is 3.42. The molecule has 6 nitrogen and oxygen atoms in total. The van der Waals surface area contributed by atoms with E-state index in [2.05, 4.69) is 39.5 Å². The average Bonchev–Trinajstić information content (AvgIpc) is 3.41. The van der Waals surface area contributed by atoms with E-state index < -0.39 is 6.10 Å². The number of aliphatic hydroxyl groups is 1. The number of pyridine rings is 1. The van der Waals surface area contributed by atoms with Crippen molar-refractivity contribution in [2.75, 3.05) is 26.7 Å². The first-order valence-corrected chi connectivity index (χ1v) is 10.9. The maximum absolute atomic E-state index is 12.9. The third kappa shape index (κ3) is 4.99. The molecule has 30 heavy (non-hydrogen) atoms. The van der Waals surface area contributed by atoms with E-state index in [-0.39, 0.29) is 11.9 Å². The van der Waals surface area contributed by atoms with Gasteiger partial charge in [0, 0.05) is 25.2 Å². The lowest BCUT2D eigenvalue weighted by Gasteiger charge is -2.29. The predicted octanol–water partition coefficient (Wildman–Crippen LogP) is 2.51. The highest BCUT2D eigenvalue weighted by Gasteiger charge is 2.29. The fourth-order valence-electron chi connectivity index (χ4n) is 4.74. The standard InChI is InChI=1S/C24H31N3O3/c1-30-23-15-20(8-9-25-23)24(29)21(16-27-10-4-5-11-27)26-22(28)14-17-12-18-6-2-3-7-19(18)13-17/h2-3,6-9,15,17,21,24,29H,4-5,10-14,16H2,1H3,(H,26,28). The third-order valence-electron chi connectivity index (χ3n) is 6.30. The van der Waals surface area contributed by atoms with Gasteiger partial charge in [-0.25, -0.2) is 4.98 Å². The molecular weight excluding hydrogens is 378 g/mol. The van der Waals surface area contributed by atoms with Gasteiger partial charge in [-0.05, 0) is 67.4 Å². The van der Waals surface area contributed by atoms with Gasteiger partial charge in [-0.1, -0.05) is 24.3 Å². The van der Waals surface area contributed by atoms with Crippen molar-refractivity contribution in [1.29, 1.82) is 0 Å². The first-order valence-electron chi connectivity index (χ1n) is 10.9. The summed E-state index contributed by atoms with van der Waals surface area (Å²) in [7, 11) is 1.56. The molecule has 1 amide bonds. The number of fused-ring (bicyclic) bond motifs is 1. The van der Waals surface area contributed by atoms with Crippen molar-refractivity contribution in [2.45, 2.75) is 44.2 Å². The molecule has 0 spiro atoms. The first kappa shape index (κ1) is 20.8. The van der Waals surface area contributed by atoms with Gasteiger partial charge < -0.3 is 20.1 Å². The summed E-state index contributed by atoms with van der Waals surface area (Å²) < 4.78 is 5.20. The molecule has 2 atom stereocenters. The zero-order valence-corrected chi connectivity index (χ0v) is 17.6. The summed E-state index contributed by atoms with van der Waals surface area (Å²) in [6.07, 6.45) is 5.53. The quantitative estimate of drug-likeness (QED) is 0.701. The largest absolute Gasteiger partial charge is 0.481 e. The fraction of sp³-hybridized carbons (Fsp3) is 0.500. The van der Waals surface area contributed by atoms with Gasteiger partial charge in [0.2, 0.25) is 11.8 Å². The van der Waals surface area contributed by atoms with Crippen molar-refractivity contribution in [3.8, 4) is 5.88 Å². The highest BCUT2D eigenvalue weighted by atomic mass is 16.5. The van der Waals surface area contributed by atoms with Gasteiger partial charge in [-0.3, -0.25) is 4.79 Å². The lowest BCUT2D eigenvalue weighted by Crippen LogP contribution is -2.47. The monoisotopic (exact) mass is 409 g/mol. The van der Waals surface area contributed by atoms with E-state index >= 15 is 0 Å². The van der Waals surface area contributed by atoms with E-state index in [1.807, 2.05) is 0 Å². The van der Waals surface area contributed by atoms with Crippen molar-refractivity contribution < 1.29 is 14.6 Å². The molecule has 2 aromatic rings. The maximum Gasteiger partial charge on any atom is 0.220 e. The summed E-state index contributed by atoms with van der Waals surface area (Å²) in [6, 6.07) is 11.6. The molecule has 1 aromatic heterocycles. The number of benzene rings is 1. The van der Waals surface area contributed by atoms with Crippen molar-refractivity contribution >= 4 is 5.91 Å². The third-order valence-corrected chi connectivity index (χ3v) is 6.30. The number of carbonyl (C=O) groups is 1. The van der Waals surface area contributed by atoms with Crippen molar-refractivity contribution in [3.05, 3.63) is 59.3 Å². The zero-order chi connectivity index (χ0) is 20.9. The molecule has 0 saturated carbocycles. The van der Waals surface area contributed by atoms with Crippen LogP contribution in [-0.4, -0.2) is 53.7 Å². The maximum atomic E-state index is 12.9. The summed E-state index contributed by atoms with van der Waals surface area (Å²) >= 11 is 0. The number of hydrogen-bond donors (Lipinski definition) is 2. The Balaban J connectivity index is 1.42. The summed E-state index contributed by atoms with van der Waals surface area (Å²) in [4.78, 5) is 19.4. The summed E-state index contributed by atoms with van der Waals surface area (Å²) in [5.74, 6) is 0.798. The molecule has 160 valence electrons. The SMILES string of the molecule is COc1cc(C(O)C(CN2CCCC2)NC(=O)CC2Cc3ccccc3C2)ccn1. The number of nitrogens with zero attached hydrogens (tertiary/aromatic N) is 2. The minimum atomic E-state index is -0.813. The zero-order valence-electron chi connectivity index (χ0n) is 17.6. The minimum Gasteiger partial charge on any atom is -0.481 e. The minimum absolute atomic E-state index is 0.0112. The Morgan fingerprint density at radius 3 is 2.60 bits per heavy atom. The van der Waals surface area contributed by atoms with Crippen LogP contribution in [0.15, 0.2) is 42.6 Å². The molecule has 2 N–H and O–H groups in total. The van der Waals surface area contributed by atoms with Crippen LogP contribution in [0.5, 0.6) is 5.88 Å². The number of likely N-dealkylation sites (tertiary alicyclic amines) is 1. The van der Waals surface area contributed by atoms with Crippen molar-refractivity contribution in [3.63, 3.8) is 0 Å². The molecule has 2 heterocycles. The van der Waals surface area contributed by atoms with Gasteiger partial charge in [0.1, 0.15) is 6.10 Å². The first-order chi connectivity index (χ1) is 14.6. The van der Waals surface area contributed by atoms with Crippen LogP contribution < -0.4 is 10.1 Å². The van der Waals surface area contributed by atoms with E-state index in [4.69, 9.17) is 4.74 Å². The second kappa shape index (κ2) is 9.58. The van der Waals surface area contributed by atoms with Crippen molar-refractivity contribution in [2.24, 2.45) is 5.92 Å². The van der Waals surface area contributed by atoms with E-state index in [1.54, 1.807) is 25.4 Å². The Morgan fingerprint density at radius 1 is 1.23 bits per heavy atom. The smallest absolute Gasteiger partial charge is 0.220 e. The van der Waals surface area contributed by atoms with Crippen LogP contribution in [0.25, 0.3) is 0 Å². The van der Waals surface area contributed by atoms with Gasteiger partial charge in [0.25, 0.3) is 0 Å². The molecule has 0 radical (unpaired) electrons. The number of methoxy groups -OCH3 is 1. The van der Waals surface area contributed by atoms with Crippen LogP contribution in [0, 0.1) is 5.92 Å². The molecule has 1 aromatic carbocycles. The number of carbonyl (C=O) groups excluding carboxylic acids is 1. The van der Waals surface area contributed by atoms with Crippen LogP contribution in [0.4, 0.5) is 0 Å². The number of amides is 1. The second-order valence-corrected chi connectivity index (χ2v) is 8.51. The van der Waals surface area contributed by atoms with E-state index in [9.17, 15) is 9.90 Å². The molecular formula is C24H31N3O3. The Bertz CT molecular complexity index is 841. The molecule has 2 aliphatic rings. The fourth-order valence-corrected chi connectivity index (χ4v) is 4.74. The lowest BCUT2D eigenvalue weighted by molar-refractivity contribution is -0.123. The number of rotatable bonds is 8. The Hall–Kier alpha value is -2.44. The Labute approximate surface area is 178 Å². The normalized spacial score (nSPS) is 18.7. The molecule has 4 rings (SSSR count). The van der Waals surface area contributed by atoms with Crippen LogP contribution in [0.3, 0.4) is 0 Å². The molecule has 6 heteroatoms. The van der Waals surface area contributed by atoms with Gasteiger partial charge >= 0.3 is 0 Å². The van der Waals surface area contributed by atoms with Crippen LogP contribution in [0.2, 0.25) is 0 Å². The number of aromatic nitrogens is 1. The summed E-state index contributed by atoms with van der Waals surface area (Å²) in [5, 5.41) is 14.2. The van der Waals surface area contributed by atoms with Crippen LogP contribution in [0.1, 0.15) is 42.1 Å². The van der Waals surface area contributed by atoms with Crippen LogP contribution >= 0.6 is 0 Å². The highest BCUT2D eigenvalue weighted by molar-refractivity contribution is 5.77. The molecule has 1 aliphatic heterocycles.